The van der Waals surface area contributed by atoms with E-state index in [1.807, 2.05) is 24.3 Å². The van der Waals surface area contributed by atoms with Crippen LogP contribution in [-0.2, 0) is 4.74 Å². The van der Waals surface area contributed by atoms with Gasteiger partial charge in [0.15, 0.2) is 0 Å². The maximum atomic E-state index is 5.07. The molecule has 1 heterocycles. The number of aromatic nitrogens is 2. The average Bonchev–Trinajstić information content (AvgIpc) is 3.36. The van der Waals surface area contributed by atoms with Crippen LogP contribution < -0.4 is 10.6 Å². The van der Waals surface area contributed by atoms with Crippen LogP contribution in [-0.4, -0.2) is 36.3 Å². The van der Waals surface area contributed by atoms with E-state index in [1.165, 1.54) is 12.8 Å². The van der Waals surface area contributed by atoms with Crippen LogP contribution in [0.4, 0.5) is 11.8 Å². The summed E-state index contributed by atoms with van der Waals surface area (Å²) >= 11 is 0. The molecule has 1 aromatic carbocycles. The van der Waals surface area contributed by atoms with Crippen LogP contribution in [0.5, 0.6) is 0 Å². The molecule has 1 aliphatic rings. The van der Waals surface area contributed by atoms with Gasteiger partial charge in [-0.15, -0.1) is 0 Å². The van der Waals surface area contributed by atoms with Crippen molar-refractivity contribution in [1.82, 2.24) is 9.97 Å². The molecule has 116 valence electrons. The molecule has 0 unspecified atom stereocenters. The first-order valence-corrected chi connectivity index (χ1v) is 7.79. The number of benzene rings is 1. The molecule has 5 nitrogen and oxygen atoms in total. The molecule has 0 saturated heterocycles. The van der Waals surface area contributed by atoms with E-state index in [4.69, 9.17) is 4.74 Å². The highest BCUT2D eigenvalue weighted by atomic mass is 16.5. The van der Waals surface area contributed by atoms with Crippen molar-refractivity contribution >= 4 is 11.8 Å². The molecule has 0 bridgehead atoms. The number of anilines is 2. The molecular weight excluding hydrogens is 276 g/mol. The van der Waals surface area contributed by atoms with E-state index in [-0.39, 0.29) is 0 Å². The Balaban J connectivity index is 1.78. The minimum atomic E-state index is 0.535. The minimum absolute atomic E-state index is 0.535. The van der Waals surface area contributed by atoms with Crippen LogP contribution in [0.25, 0.3) is 11.3 Å². The summed E-state index contributed by atoms with van der Waals surface area (Å²) in [7, 11) is 1.72. The number of ether oxygens (including phenoxy) is 1. The van der Waals surface area contributed by atoms with Crippen molar-refractivity contribution in [3.8, 4) is 11.3 Å². The Morgan fingerprint density at radius 1 is 1.18 bits per heavy atom. The molecule has 1 saturated carbocycles. The zero-order valence-electron chi connectivity index (χ0n) is 12.9. The van der Waals surface area contributed by atoms with E-state index in [2.05, 4.69) is 32.7 Å². The lowest BCUT2D eigenvalue weighted by atomic mass is 10.1. The fourth-order valence-corrected chi connectivity index (χ4v) is 2.20. The smallest absolute Gasteiger partial charge is 0.225 e. The molecule has 0 amide bonds. The van der Waals surface area contributed by atoms with Crippen LogP contribution in [0.3, 0.4) is 0 Å². The summed E-state index contributed by atoms with van der Waals surface area (Å²) in [5.41, 5.74) is 2.04. The van der Waals surface area contributed by atoms with Crippen molar-refractivity contribution in [2.24, 2.45) is 0 Å². The lowest BCUT2D eigenvalue weighted by Crippen LogP contribution is -2.10. The number of hydrogen-bond acceptors (Lipinski definition) is 5. The van der Waals surface area contributed by atoms with Crippen molar-refractivity contribution in [3.63, 3.8) is 0 Å². The van der Waals surface area contributed by atoms with Gasteiger partial charge in [-0.25, -0.2) is 4.98 Å². The van der Waals surface area contributed by atoms with Gasteiger partial charge < -0.3 is 15.4 Å². The molecule has 1 fully saturated rings. The van der Waals surface area contributed by atoms with Crippen LogP contribution >= 0.6 is 0 Å². The van der Waals surface area contributed by atoms with Crippen molar-refractivity contribution in [2.45, 2.75) is 25.3 Å². The summed E-state index contributed by atoms with van der Waals surface area (Å²) < 4.78 is 5.07. The van der Waals surface area contributed by atoms with Crippen LogP contribution in [0.15, 0.2) is 36.4 Å². The first-order chi connectivity index (χ1) is 10.8. The first-order valence-electron chi connectivity index (χ1n) is 7.79. The van der Waals surface area contributed by atoms with E-state index < -0.39 is 0 Å². The number of nitrogens with zero attached hydrogens (tertiary/aromatic N) is 2. The Labute approximate surface area is 131 Å². The maximum Gasteiger partial charge on any atom is 0.225 e. The summed E-state index contributed by atoms with van der Waals surface area (Å²) in [4.78, 5) is 9.20. The van der Waals surface area contributed by atoms with E-state index in [0.29, 0.717) is 12.0 Å². The summed E-state index contributed by atoms with van der Waals surface area (Å²) in [6.07, 6.45) is 3.36. The van der Waals surface area contributed by atoms with E-state index in [9.17, 15) is 0 Å². The fourth-order valence-electron chi connectivity index (χ4n) is 2.20. The van der Waals surface area contributed by atoms with Crippen molar-refractivity contribution in [3.05, 3.63) is 36.4 Å². The zero-order valence-corrected chi connectivity index (χ0v) is 12.9. The summed E-state index contributed by atoms with van der Waals surface area (Å²) in [6.45, 7) is 1.58. The fraction of sp³-hybridized carbons (Fsp3) is 0.412. The van der Waals surface area contributed by atoms with Crippen molar-refractivity contribution in [1.29, 1.82) is 0 Å². The van der Waals surface area contributed by atoms with Crippen LogP contribution in [0.1, 0.15) is 19.3 Å². The lowest BCUT2D eigenvalue weighted by molar-refractivity contribution is 0.198. The lowest BCUT2D eigenvalue weighted by Gasteiger charge is -2.11. The topological polar surface area (TPSA) is 59.1 Å². The first kappa shape index (κ1) is 14.8. The SMILES string of the molecule is COCCCNc1cc(-c2ccccc2)nc(NC2CC2)n1. The van der Waals surface area contributed by atoms with Gasteiger partial charge >= 0.3 is 0 Å². The van der Waals surface area contributed by atoms with E-state index >= 15 is 0 Å². The summed E-state index contributed by atoms with van der Waals surface area (Å²) in [6, 6.07) is 12.7. The van der Waals surface area contributed by atoms with Crippen molar-refractivity contribution < 1.29 is 4.74 Å². The minimum Gasteiger partial charge on any atom is -0.385 e. The maximum absolute atomic E-state index is 5.07. The molecule has 1 aliphatic carbocycles. The number of rotatable bonds is 8. The predicted octanol–water partition coefficient (Wildman–Crippen LogP) is 3.17. The molecule has 5 heteroatoms. The van der Waals surface area contributed by atoms with Gasteiger partial charge in [0, 0.05) is 37.9 Å². The average molecular weight is 298 g/mol. The van der Waals surface area contributed by atoms with Crippen molar-refractivity contribution in [2.75, 3.05) is 30.9 Å². The number of nitrogens with one attached hydrogen (secondary N) is 2. The third kappa shape index (κ3) is 4.18. The molecule has 2 aromatic rings. The Kier molecular flexibility index (Phi) is 4.85. The highest BCUT2D eigenvalue weighted by Crippen LogP contribution is 2.26. The Hall–Kier alpha value is -2.14. The molecule has 1 aromatic heterocycles. The van der Waals surface area contributed by atoms with Gasteiger partial charge in [-0.05, 0) is 19.3 Å². The molecule has 2 N–H and O–H groups in total. The van der Waals surface area contributed by atoms with Gasteiger partial charge in [0.1, 0.15) is 5.82 Å². The molecule has 3 rings (SSSR count). The van der Waals surface area contributed by atoms with E-state index in [0.717, 1.165) is 36.6 Å². The number of methoxy groups -OCH3 is 1. The summed E-state index contributed by atoms with van der Waals surface area (Å²) in [5.74, 6) is 1.56. The zero-order chi connectivity index (χ0) is 15.2. The molecule has 0 spiro atoms. The third-order valence-electron chi connectivity index (χ3n) is 3.54. The Morgan fingerprint density at radius 2 is 2.00 bits per heavy atom. The second-order valence-corrected chi connectivity index (χ2v) is 5.52. The quantitative estimate of drug-likeness (QED) is 0.733. The highest BCUT2D eigenvalue weighted by molar-refractivity contribution is 5.64. The molecular formula is C17H22N4O. The molecule has 0 aliphatic heterocycles. The number of hydrogen-bond donors (Lipinski definition) is 2. The second-order valence-electron chi connectivity index (χ2n) is 5.52. The van der Waals surface area contributed by atoms with Gasteiger partial charge in [-0.2, -0.15) is 4.98 Å². The predicted molar refractivity (Wildman–Crippen MR) is 89.1 cm³/mol. The standard InChI is InChI=1S/C17H22N4O/c1-22-11-5-10-18-16-12-15(13-6-3-2-4-7-13)20-17(21-16)19-14-8-9-14/h2-4,6-7,12,14H,5,8-11H2,1H3,(H2,18,19,20,21). The highest BCUT2D eigenvalue weighted by Gasteiger charge is 2.22. The third-order valence-corrected chi connectivity index (χ3v) is 3.54. The second kappa shape index (κ2) is 7.22. The van der Waals surface area contributed by atoms with Crippen LogP contribution in [0.2, 0.25) is 0 Å². The molecule has 0 atom stereocenters. The van der Waals surface area contributed by atoms with Gasteiger partial charge in [0.2, 0.25) is 5.95 Å². The Morgan fingerprint density at radius 3 is 2.73 bits per heavy atom. The van der Waals surface area contributed by atoms with Gasteiger partial charge in [-0.3, -0.25) is 0 Å². The monoisotopic (exact) mass is 298 g/mol. The van der Waals surface area contributed by atoms with E-state index in [1.54, 1.807) is 7.11 Å². The normalized spacial score (nSPS) is 13.9. The van der Waals surface area contributed by atoms with Gasteiger partial charge in [0.25, 0.3) is 0 Å². The largest absolute Gasteiger partial charge is 0.385 e. The molecule has 22 heavy (non-hydrogen) atoms. The van der Waals surface area contributed by atoms with Gasteiger partial charge in [0.05, 0.1) is 5.69 Å². The molecule has 0 radical (unpaired) electrons. The van der Waals surface area contributed by atoms with Gasteiger partial charge in [-0.1, -0.05) is 30.3 Å². The summed E-state index contributed by atoms with van der Waals surface area (Å²) in [5, 5.41) is 6.73. The van der Waals surface area contributed by atoms with Crippen LogP contribution in [0, 0.1) is 0 Å². The Bertz CT molecular complexity index is 599.